The first kappa shape index (κ1) is 15.5. The number of carbonyl (C=O) groups is 2. The second-order valence-corrected chi connectivity index (χ2v) is 5.43. The fourth-order valence-electron chi connectivity index (χ4n) is 2.50. The van der Waals surface area contributed by atoms with Crippen molar-refractivity contribution < 1.29 is 9.59 Å². The predicted octanol–water partition coefficient (Wildman–Crippen LogP) is 1.60. The highest BCUT2D eigenvalue weighted by molar-refractivity contribution is 5.96. The molecule has 2 amide bonds. The minimum atomic E-state index is -0.0784. The van der Waals surface area contributed by atoms with E-state index in [2.05, 4.69) is 12.2 Å². The summed E-state index contributed by atoms with van der Waals surface area (Å²) in [5.41, 5.74) is 0.837. The molecule has 1 saturated heterocycles. The van der Waals surface area contributed by atoms with Crippen molar-refractivity contribution in [3.05, 3.63) is 30.3 Å². The summed E-state index contributed by atoms with van der Waals surface area (Å²) in [4.78, 5) is 27.5. The van der Waals surface area contributed by atoms with Crippen molar-refractivity contribution in [3.63, 3.8) is 0 Å². The summed E-state index contributed by atoms with van der Waals surface area (Å²) in [7, 11) is 1.74. The van der Waals surface area contributed by atoms with E-state index in [1.807, 2.05) is 30.3 Å². The number of rotatable bonds is 5. The monoisotopic (exact) mass is 289 g/mol. The molecule has 1 N–H and O–H groups in total. The third-order valence-electron chi connectivity index (χ3n) is 3.83. The van der Waals surface area contributed by atoms with Crippen LogP contribution in [0.1, 0.15) is 26.2 Å². The molecule has 0 aromatic heterocycles. The number of likely N-dealkylation sites (N-methyl/N-ethyl adjacent to an activating group) is 1. The third kappa shape index (κ3) is 4.04. The molecule has 1 unspecified atom stereocenters. The van der Waals surface area contributed by atoms with Crippen LogP contribution in [0.15, 0.2) is 30.3 Å². The topological polar surface area (TPSA) is 52.7 Å². The SMILES string of the molecule is CCCC1CC(=O)N(CC(=O)N(C)c2ccccc2)CN1. The van der Waals surface area contributed by atoms with Crippen molar-refractivity contribution in [2.45, 2.75) is 32.2 Å². The Bertz CT molecular complexity index is 490. The summed E-state index contributed by atoms with van der Waals surface area (Å²) in [5.74, 6) is -0.0210. The number of nitrogens with zero attached hydrogens (tertiary/aromatic N) is 2. The number of para-hydroxylation sites is 1. The molecule has 2 rings (SSSR count). The molecule has 0 aliphatic carbocycles. The lowest BCUT2D eigenvalue weighted by molar-refractivity contribution is -0.138. The van der Waals surface area contributed by atoms with E-state index in [0.717, 1.165) is 18.5 Å². The Hall–Kier alpha value is -1.88. The zero-order chi connectivity index (χ0) is 15.2. The van der Waals surface area contributed by atoms with Gasteiger partial charge in [-0.2, -0.15) is 0 Å². The quantitative estimate of drug-likeness (QED) is 0.896. The fraction of sp³-hybridized carbons (Fsp3) is 0.500. The Morgan fingerprint density at radius 2 is 2.10 bits per heavy atom. The van der Waals surface area contributed by atoms with E-state index in [-0.39, 0.29) is 24.4 Å². The zero-order valence-corrected chi connectivity index (χ0v) is 12.7. The number of benzene rings is 1. The van der Waals surface area contributed by atoms with Crippen LogP contribution in [0.5, 0.6) is 0 Å². The van der Waals surface area contributed by atoms with E-state index < -0.39 is 0 Å². The lowest BCUT2D eigenvalue weighted by atomic mass is 10.1. The average molecular weight is 289 g/mol. The molecule has 21 heavy (non-hydrogen) atoms. The van der Waals surface area contributed by atoms with Gasteiger partial charge in [0, 0.05) is 25.2 Å². The third-order valence-corrected chi connectivity index (χ3v) is 3.83. The van der Waals surface area contributed by atoms with Crippen LogP contribution in [-0.2, 0) is 9.59 Å². The molecule has 1 fully saturated rings. The van der Waals surface area contributed by atoms with Gasteiger partial charge in [-0.15, -0.1) is 0 Å². The van der Waals surface area contributed by atoms with Crippen LogP contribution >= 0.6 is 0 Å². The highest BCUT2D eigenvalue weighted by atomic mass is 16.2. The number of hydrogen-bond acceptors (Lipinski definition) is 3. The molecular formula is C16H23N3O2. The van der Waals surface area contributed by atoms with Gasteiger partial charge in [0.15, 0.2) is 0 Å². The standard InChI is InChI=1S/C16H23N3O2/c1-3-7-13-10-15(20)19(12-17-13)11-16(21)18(2)14-8-5-4-6-9-14/h4-6,8-9,13,17H,3,7,10-12H2,1-2H3. The molecule has 5 nitrogen and oxygen atoms in total. The molecule has 1 aromatic carbocycles. The Kier molecular flexibility index (Phi) is 5.33. The van der Waals surface area contributed by atoms with Gasteiger partial charge < -0.3 is 9.80 Å². The van der Waals surface area contributed by atoms with E-state index in [0.29, 0.717) is 13.1 Å². The van der Waals surface area contributed by atoms with E-state index in [1.165, 1.54) is 0 Å². The van der Waals surface area contributed by atoms with Gasteiger partial charge in [0.25, 0.3) is 0 Å². The second-order valence-electron chi connectivity index (χ2n) is 5.43. The highest BCUT2D eigenvalue weighted by Crippen LogP contribution is 2.13. The molecule has 5 heteroatoms. The number of amides is 2. The van der Waals surface area contributed by atoms with Gasteiger partial charge in [-0.25, -0.2) is 0 Å². The van der Waals surface area contributed by atoms with Crippen LogP contribution in [0.2, 0.25) is 0 Å². The first-order valence-corrected chi connectivity index (χ1v) is 7.44. The first-order chi connectivity index (χ1) is 10.1. The van der Waals surface area contributed by atoms with Crippen molar-refractivity contribution in [2.75, 3.05) is 25.2 Å². The van der Waals surface area contributed by atoms with Crippen molar-refractivity contribution in [1.82, 2.24) is 10.2 Å². The number of anilines is 1. The molecule has 0 radical (unpaired) electrons. The van der Waals surface area contributed by atoms with Crippen LogP contribution in [-0.4, -0.2) is 43.0 Å². The zero-order valence-electron chi connectivity index (χ0n) is 12.7. The first-order valence-electron chi connectivity index (χ1n) is 7.44. The van der Waals surface area contributed by atoms with E-state index in [1.54, 1.807) is 16.8 Å². The second kappa shape index (κ2) is 7.22. The summed E-state index contributed by atoms with van der Waals surface area (Å²) in [5, 5.41) is 3.32. The minimum Gasteiger partial charge on any atom is -0.321 e. The Balaban J connectivity index is 1.90. The molecule has 0 saturated carbocycles. The lowest BCUT2D eigenvalue weighted by Gasteiger charge is -2.33. The van der Waals surface area contributed by atoms with Gasteiger partial charge in [0.2, 0.25) is 11.8 Å². The Morgan fingerprint density at radius 1 is 1.38 bits per heavy atom. The van der Waals surface area contributed by atoms with Gasteiger partial charge in [-0.05, 0) is 18.6 Å². The van der Waals surface area contributed by atoms with E-state index >= 15 is 0 Å². The largest absolute Gasteiger partial charge is 0.321 e. The van der Waals surface area contributed by atoms with E-state index in [4.69, 9.17) is 0 Å². The van der Waals surface area contributed by atoms with Gasteiger partial charge in [0.1, 0.15) is 6.54 Å². The maximum absolute atomic E-state index is 12.3. The normalized spacial score (nSPS) is 18.7. The molecule has 114 valence electrons. The van der Waals surface area contributed by atoms with Gasteiger partial charge in [-0.1, -0.05) is 31.5 Å². The lowest BCUT2D eigenvalue weighted by Crippen LogP contribution is -2.53. The fourth-order valence-corrected chi connectivity index (χ4v) is 2.50. The Labute approximate surface area is 125 Å². The Morgan fingerprint density at radius 3 is 2.71 bits per heavy atom. The van der Waals surface area contributed by atoms with Gasteiger partial charge >= 0.3 is 0 Å². The molecular weight excluding hydrogens is 266 g/mol. The maximum Gasteiger partial charge on any atom is 0.246 e. The molecule has 1 aliphatic heterocycles. The number of nitrogens with one attached hydrogen (secondary N) is 1. The van der Waals surface area contributed by atoms with Gasteiger partial charge in [0.05, 0.1) is 6.67 Å². The van der Waals surface area contributed by atoms with Crippen LogP contribution in [0, 0.1) is 0 Å². The predicted molar refractivity (Wildman–Crippen MR) is 82.9 cm³/mol. The van der Waals surface area contributed by atoms with Crippen molar-refractivity contribution >= 4 is 17.5 Å². The molecule has 1 aliphatic rings. The molecule has 1 aromatic rings. The molecule has 0 bridgehead atoms. The summed E-state index contributed by atoms with van der Waals surface area (Å²) in [6.45, 7) is 2.69. The molecule has 1 atom stereocenters. The molecule has 0 spiro atoms. The van der Waals surface area contributed by atoms with Crippen LogP contribution in [0.4, 0.5) is 5.69 Å². The number of carbonyl (C=O) groups excluding carboxylic acids is 2. The minimum absolute atomic E-state index is 0.0574. The highest BCUT2D eigenvalue weighted by Gasteiger charge is 2.27. The molecule has 1 heterocycles. The summed E-state index contributed by atoms with van der Waals surface area (Å²) in [6, 6.07) is 9.70. The van der Waals surface area contributed by atoms with Crippen LogP contribution in [0.25, 0.3) is 0 Å². The van der Waals surface area contributed by atoms with Crippen molar-refractivity contribution in [1.29, 1.82) is 0 Å². The number of hydrogen-bond donors (Lipinski definition) is 1. The van der Waals surface area contributed by atoms with Crippen molar-refractivity contribution in [3.8, 4) is 0 Å². The summed E-state index contributed by atoms with van der Waals surface area (Å²) in [6.07, 6.45) is 2.54. The summed E-state index contributed by atoms with van der Waals surface area (Å²) < 4.78 is 0. The smallest absolute Gasteiger partial charge is 0.246 e. The van der Waals surface area contributed by atoms with Gasteiger partial charge in [-0.3, -0.25) is 14.9 Å². The van der Waals surface area contributed by atoms with Crippen LogP contribution < -0.4 is 10.2 Å². The van der Waals surface area contributed by atoms with E-state index in [9.17, 15) is 9.59 Å². The van der Waals surface area contributed by atoms with Crippen molar-refractivity contribution in [2.24, 2.45) is 0 Å². The average Bonchev–Trinajstić information content (AvgIpc) is 2.50. The summed E-state index contributed by atoms with van der Waals surface area (Å²) >= 11 is 0. The maximum atomic E-state index is 12.3. The van der Waals surface area contributed by atoms with Crippen LogP contribution in [0.3, 0.4) is 0 Å².